The van der Waals surface area contributed by atoms with Crippen LogP contribution in [0.1, 0.15) is 10.6 Å². The average molecular weight is 305 g/mol. The van der Waals surface area contributed by atoms with Crippen molar-refractivity contribution in [2.75, 3.05) is 0 Å². The number of aromatic nitrogens is 2. The number of hydrogen-bond acceptors (Lipinski definition) is 3. The van der Waals surface area contributed by atoms with Crippen molar-refractivity contribution < 1.29 is 0 Å². The van der Waals surface area contributed by atoms with Crippen molar-refractivity contribution in [2.24, 2.45) is 0 Å². The van der Waals surface area contributed by atoms with Crippen molar-refractivity contribution in [3.8, 4) is 0 Å². The molecule has 0 fully saturated rings. The van der Waals surface area contributed by atoms with E-state index in [0.29, 0.717) is 4.73 Å². The molecule has 0 radical (unpaired) electrons. The Morgan fingerprint density at radius 1 is 1.06 bits per heavy atom. The van der Waals surface area contributed by atoms with Crippen LogP contribution in [-0.4, -0.2) is 9.36 Å². The lowest BCUT2D eigenvalue weighted by Gasteiger charge is -2.03. The van der Waals surface area contributed by atoms with Crippen LogP contribution in [0.5, 0.6) is 0 Å². The van der Waals surface area contributed by atoms with E-state index in [2.05, 4.69) is 67.8 Å². The Labute approximate surface area is 112 Å². The van der Waals surface area contributed by atoms with Gasteiger partial charge in [-0.1, -0.05) is 42.5 Å². The van der Waals surface area contributed by atoms with Gasteiger partial charge in [0.25, 0.3) is 0 Å². The number of rotatable bonds is 2. The van der Waals surface area contributed by atoms with Crippen LogP contribution < -0.4 is 0 Å². The molecule has 17 heavy (non-hydrogen) atoms. The highest BCUT2D eigenvalue weighted by molar-refractivity contribution is 9.10. The van der Waals surface area contributed by atoms with E-state index in [1.807, 2.05) is 0 Å². The van der Waals surface area contributed by atoms with Gasteiger partial charge in [-0.2, -0.15) is 4.37 Å². The summed E-state index contributed by atoms with van der Waals surface area (Å²) >= 11 is 4.73. The molecule has 0 N–H and O–H groups in total. The third kappa shape index (κ3) is 2.23. The lowest BCUT2D eigenvalue weighted by atomic mass is 10.0. The minimum absolute atomic E-state index is 0.678. The van der Waals surface area contributed by atoms with E-state index in [0.717, 1.165) is 11.4 Å². The summed E-state index contributed by atoms with van der Waals surface area (Å²) in [6, 6.07) is 14.8. The summed E-state index contributed by atoms with van der Waals surface area (Å²) in [6.45, 7) is 0. The summed E-state index contributed by atoms with van der Waals surface area (Å²) in [5.74, 6) is 0. The molecule has 84 valence electrons. The Balaban J connectivity index is 2.05. The molecule has 0 spiro atoms. The van der Waals surface area contributed by atoms with Crippen molar-refractivity contribution in [1.29, 1.82) is 0 Å². The SMILES string of the molecule is Brc1nsc(Cc2cccc3ccccc23)n1. The number of halogens is 1. The molecule has 0 amide bonds. The first-order valence-electron chi connectivity index (χ1n) is 5.27. The zero-order chi connectivity index (χ0) is 11.7. The van der Waals surface area contributed by atoms with E-state index in [4.69, 9.17) is 0 Å². The molecular formula is C13H9BrN2S. The lowest BCUT2D eigenvalue weighted by molar-refractivity contribution is 1.12. The standard InChI is InChI=1S/C13H9BrN2S/c14-13-15-12(17-16-13)8-10-6-3-5-9-4-1-2-7-11(9)10/h1-7H,8H2. The van der Waals surface area contributed by atoms with E-state index in [-0.39, 0.29) is 0 Å². The van der Waals surface area contributed by atoms with Crippen LogP contribution >= 0.6 is 27.5 Å². The van der Waals surface area contributed by atoms with Crippen LogP contribution in [0.4, 0.5) is 0 Å². The van der Waals surface area contributed by atoms with Gasteiger partial charge in [-0.3, -0.25) is 0 Å². The van der Waals surface area contributed by atoms with Gasteiger partial charge in [0.1, 0.15) is 5.01 Å². The van der Waals surface area contributed by atoms with Gasteiger partial charge in [-0.05, 0) is 43.8 Å². The zero-order valence-electron chi connectivity index (χ0n) is 8.93. The molecular weight excluding hydrogens is 296 g/mol. The maximum atomic E-state index is 4.34. The molecule has 0 saturated heterocycles. The molecule has 3 rings (SSSR count). The first-order valence-corrected chi connectivity index (χ1v) is 6.84. The highest BCUT2D eigenvalue weighted by atomic mass is 79.9. The van der Waals surface area contributed by atoms with Gasteiger partial charge in [0.2, 0.25) is 4.73 Å². The number of nitrogens with zero attached hydrogens (tertiary/aromatic N) is 2. The van der Waals surface area contributed by atoms with Crippen molar-refractivity contribution in [2.45, 2.75) is 6.42 Å². The van der Waals surface area contributed by atoms with Gasteiger partial charge in [0.05, 0.1) is 0 Å². The quantitative estimate of drug-likeness (QED) is 0.714. The molecule has 0 aliphatic rings. The Kier molecular flexibility index (Phi) is 2.91. The minimum Gasteiger partial charge on any atom is -0.214 e. The lowest BCUT2D eigenvalue weighted by Crippen LogP contribution is -1.88. The maximum Gasteiger partial charge on any atom is 0.209 e. The van der Waals surface area contributed by atoms with Gasteiger partial charge in [-0.15, -0.1) is 0 Å². The van der Waals surface area contributed by atoms with Gasteiger partial charge in [-0.25, -0.2) is 4.98 Å². The molecule has 2 nitrogen and oxygen atoms in total. The number of fused-ring (bicyclic) bond motifs is 1. The molecule has 4 heteroatoms. The van der Waals surface area contributed by atoms with Crippen molar-refractivity contribution in [3.05, 3.63) is 57.8 Å². The van der Waals surface area contributed by atoms with E-state index < -0.39 is 0 Å². The summed E-state index contributed by atoms with van der Waals surface area (Å²) in [6.07, 6.45) is 0.838. The second-order valence-electron chi connectivity index (χ2n) is 3.77. The van der Waals surface area contributed by atoms with Crippen molar-refractivity contribution in [3.63, 3.8) is 0 Å². The molecule has 0 aliphatic heterocycles. The highest BCUT2D eigenvalue weighted by Crippen LogP contribution is 2.22. The Bertz CT molecular complexity index is 658. The topological polar surface area (TPSA) is 25.8 Å². The van der Waals surface area contributed by atoms with Crippen molar-refractivity contribution >= 4 is 38.2 Å². The predicted molar refractivity (Wildman–Crippen MR) is 74.4 cm³/mol. The molecule has 0 saturated carbocycles. The molecule has 3 aromatic rings. The second kappa shape index (κ2) is 4.55. The molecule has 0 atom stereocenters. The molecule has 2 aromatic carbocycles. The normalized spacial score (nSPS) is 10.9. The van der Waals surface area contributed by atoms with E-state index >= 15 is 0 Å². The summed E-state index contributed by atoms with van der Waals surface area (Å²) in [5, 5.41) is 3.60. The zero-order valence-corrected chi connectivity index (χ0v) is 11.3. The van der Waals surface area contributed by atoms with Crippen LogP contribution in [-0.2, 0) is 6.42 Å². The largest absolute Gasteiger partial charge is 0.214 e. The van der Waals surface area contributed by atoms with Crippen LogP contribution in [0.25, 0.3) is 10.8 Å². The fourth-order valence-corrected chi connectivity index (χ4v) is 3.03. The smallest absolute Gasteiger partial charge is 0.209 e. The summed E-state index contributed by atoms with van der Waals surface area (Å²) < 4.78 is 4.82. The summed E-state index contributed by atoms with van der Waals surface area (Å²) in [4.78, 5) is 4.34. The minimum atomic E-state index is 0.678. The third-order valence-corrected chi connectivity index (χ3v) is 3.96. The monoisotopic (exact) mass is 304 g/mol. The van der Waals surface area contributed by atoms with Gasteiger partial charge < -0.3 is 0 Å². The fraction of sp³-hybridized carbons (Fsp3) is 0.0769. The molecule has 1 aromatic heterocycles. The maximum absolute atomic E-state index is 4.34. The van der Waals surface area contributed by atoms with E-state index in [1.54, 1.807) is 0 Å². The molecule has 0 bridgehead atoms. The molecule has 0 unspecified atom stereocenters. The molecule has 0 aliphatic carbocycles. The first-order chi connectivity index (χ1) is 8.33. The summed E-state index contributed by atoms with van der Waals surface area (Å²) in [5.41, 5.74) is 1.30. The Morgan fingerprint density at radius 3 is 2.71 bits per heavy atom. The van der Waals surface area contributed by atoms with Crippen LogP contribution in [0.15, 0.2) is 47.2 Å². The van der Waals surface area contributed by atoms with Crippen LogP contribution in [0.2, 0.25) is 0 Å². The number of hydrogen-bond donors (Lipinski definition) is 0. The van der Waals surface area contributed by atoms with Crippen molar-refractivity contribution in [1.82, 2.24) is 9.36 Å². The van der Waals surface area contributed by atoms with Gasteiger partial charge in [0.15, 0.2) is 0 Å². The Morgan fingerprint density at radius 2 is 1.88 bits per heavy atom. The van der Waals surface area contributed by atoms with Crippen LogP contribution in [0.3, 0.4) is 0 Å². The summed E-state index contributed by atoms with van der Waals surface area (Å²) in [7, 11) is 0. The predicted octanol–water partition coefficient (Wildman–Crippen LogP) is 4.04. The Hall–Kier alpha value is -1.26. The fourth-order valence-electron chi connectivity index (χ4n) is 1.92. The van der Waals surface area contributed by atoms with E-state index in [9.17, 15) is 0 Å². The van der Waals surface area contributed by atoms with Gasteiger partial charge >= 0.3 is 0 Å². The van der Waals surface area contributed by atoms with Crippen LogP contribution in [0, 0.1) is 0 Å². The van der Waals surface area contributed by atoms with Gasteiger partial charge in [0, 0.05) is 6.42 Å². The van der Waals surface area contributed by atoms with E-state index in [1.165, 1.54) is 27.9 Å². The third-order valence-electron chi connectivity index (χ3n) is 2.66. The highest BCUT2D eigenvalue weighted by Gasteiger charge is 2.05. The second-order valence-corrected chi connectivity index (χ2v) is 5.32. The first kappa shape index (κ1) is 10.9. The average Bonchev–Trinajstić information content (AvgIpc) is 2.75. The number of benzene rings is 2. The molecule has 1 heterocycles.